The van der Waals surface area contributed by atoms with Crippen LogP contribution in [0.2, 0.25) is 0 Å². The topological polar surface area (TPSA) is 78.4 Å². The molecule has 2 amide bonds. The molecule has 6 heteroatoms. The highest BCUT2D eigenvalue weighted by Crippen LogP contribution is 2.02. The van der Waals surface area contributed by atoms with E-state index in [0.29, 0.717) is 0 Å². The van der Waals surface area contributed by atoms with Crippen molar-refractivity contribution in [1.29, 1.82) is 0 Å². The van der Waals surface area contributed by atoms with E-state index < -0.39 is 23.7 Å². The Morgan fingerprint density at radius 3 is 2.72 bits per heavy atom. The molecule has 1 aromatic carbocycles. The molecule has 0 heterocycles. The molecule has 5 nitrogen and oxygen atoms in total. The fourth-order valence-electron chi connectivity index (χ4n) is 1.22. The Balaban J connectivity index is 2.39. The monoisotopic (exact) mass is 254 g/mol. The van der Waals surface area contributed by atoms with Gasteiger partial charge in [0.1, 0.15) is 5.82 Å². The van der Waals surface area contributed by atoms with Crippen LogP contribution in [-0.2, 0) is 4.79 Å². The molecule has 1 aromatic rings. The molecule has 0 bridgehead atoms. The minimum absolute atomic E-state index is 0.120. The molecular weight excluding hydrogens is 239 g/mol. The van der Waals surface area contributed by atoms with E-state index in [1.165, 1.54) is 25.1 Å². The van der Waals surface area contributed by atoms with Crippen LogP contribution in [0.1, 0.15) is 17.3 Å². The maximum Gasteiger partial charge on any atom is 0.251 e. The van der Waals surface area contributed by atoms with Gasteiger partial charge < -0.3 is 15.7 Å². The third kappa shape index (κ3) is 4.92. The Kier molecular flexibility index (Phi) is 5.26. The number of rotatable bonds is 5. The number of hydrogen-bond donors (Lipinski definition) is 3. The lowest BCUT2D eigenvalue weighted by Gasteiger charge is -2.08. The van der Waals surface area contributed by atoms with E-state index in [4.69, 9.17) is 5.11 Å². The quantitative estimate of drug-likeness (QED) is 0.695. The van der Waals surface area contributed by atoms with E-state index in [9.17, 15) is 14.0 Å². The average molecular weight is 254 g/mol. The van der Waals surface area contributed by atoms with E-state index >= 15 is 0 Å². The number of hydrogen-bond acceptors (Lipinski definition) is 3. The van der Waals surface area contributed by atoms with Crippen molar-refractivity contribution in [3.05, 3.63) is 35.6 Å². The first-order chi connectivity index (χ1) is 8.49. The molecular formula is C12H15FN2O3. The number of carbonyl (C=O) groups excluding carboxylic acids is 2. The van der Waals surface area contributed by atoms with Gasteiger partial charge in [-0.1, -0.05) is 6.07 Å². The first kappa shape index (κ1) is 14.1. The van der Waals surface area contributed by atoms with Crippen LogP contribution >= 0.6 is 0 Å². The van der Waals surface area contributed by atoms with Gasteiger partial charge in [-0.15, -0.1) is 0 Å². The molecule has 0 unspecified atom stereocenters. The fraction of sp³-hybridized carbons (Fsp3) is 0.333. The summed E-state index contributed by atoms with van der Waals surface area (Å²) in [4.78, 5) is 22.8. The standard InChI is InChI=1S/C12H15FN2O3/c1-8(16)6-14-11(17)7-15-12(18)9-3-2-4-10(13)5-9/h2-5,8,16H,6-7H2,1H3,(H,14,17)(H,15,18)/t8-/m1/s1. The minimum Gasteiger partial charge on any atom is -0.392 e. The van der Waals surface area contributed by atoms with Crippen molar-refractivity contribution in [1.82, 2.24) is 10.6 Å². The molecule has 0 saturated heterocycles. The molecule has 0 aliphatic carbocycles. The van der Waals surface area contributed by atoms with Gasteiger partial charge in [0.25, 0.3) is 5.91 Å². The molecule has 18 heavy (non-hydrogen) atoms. The first-order valence-corrected chi connectivity index (χ1v) is 5.47. The Morgan fingerprint density at radius 1 is 1.39 bits per heavy atom. The Labute approximate surface area is 104 Å². The lowest BCUT2D eigenvalue weighted by atomic mass is 10.2. The van der Waals surface area contributed by atoms with Crippen molar-refractivity contribution in [3.63, 3.8) is 0 Å². The Bertz CT molecular complexity index is 435. The van der Waals surface area contributed by atoms with Crippen molar-refractivity contribution in [3.8, 4) is 0 Å². The number of benzene rings is 1. The van der Waals surface area contributed by atoms with Crippen LogP contribution in [0.3, 0.4) is 0 Å². The molecule has 3 N–H and O–H groups in total. The maximum atomic E-state index is 12.8. The smallest absolute Gasteiger partial charge is 0.251 e. The normalized spacial score (nSPS) is 11.7. The van der Waals surface area contributed by atoms with Gasteiger partial charge in [-0.05, 0) is 25.1 Å². The second-order valence-corrected chi connectivity index (χ2v) is 3.85. The van der Waals surface area contributed by atoms with E-state index in [2.05, 4.69) is 10.6 Å². The largest absolute Gasteiger partial charge is 0.392 e. The van der Waals surface area contributed by atoms with Crippen molar-refractivity contribution in [2.24, 2.45) is 0 Å². The van der Waals surface area contributed by atoms with Crippen LogP contribution in [0.25, 0.3) is 0 Å². The Hall–Kier alpha value is -1.95. The van der Waals surface area contributed by atoms with Crippen LogP contribution in [0.4, 0.5) is 4.39 Å². The van der Waals surface area contributed by atoms with Crippen molar-refractivity contribution >= 4 is 11.8 Å². The highest BCUT2D eigenvalue weighted by Gasteiger charge is 2.08. The molecule has 1 rings (SSSR count). The summed E-state index contributed by atoms with van der Waals surface area (Å²) in [6.07, 6.45) is -0.645. The summed E-state index contributed by atoms with van der Waals surface area (Å²) in [6.45, 7) is 1.43. The maximum absolute atomic E-state index is 12.8. The van der Waals surface area contributed by atoms with Crippen LogP contribution in [0.5, 0.6) is 0 Å². The van der Waals surface area contributed by atoms with Crippen LogP contribution in [0, 0.1) is 5.82 Å². The van der Waals surface area contributed by atoms with Gasteiger partial charge in [0.05, 0.1) is 12.6 Å². The lowest BCUT2D eigenvalue weighted by molar-refractivity contribution is -0.120. The molecule has 0 aromatic heterocycles. The number of aliphatic hydroxyl groups excluding tert-OH is 1. The zero-order valence-corrected chi connectivity index (χ0v) is 9.94. The Morgan fingerprint density at radius 2 is 2.11 bits per heavy atom. The van der Waals surface area contributed by atoms with E-state index in [-0.39, 0.29) is 18.7 Å². The second-order valence-electron chi connectivity index (χ2n) is 3.85. The number of carbonyl (C=O) groups is 2. The summed E-state index contributed by atoms with van der Waals surface area (Å²) >= 11 is 0. The van der Waals surface area contributed by atoms with Gasteiger partial charge in [-0.25, -0.2) is 4.39 Å². The predicted octanol–water partition coefficient (Wildman–Crippen LogP) is 0.0525. The van der Waals surface area contributed by atoms with Gasteiger partial charge in [0, 0.05) is 12.1 Å². The zero-order chi connectivity index (χ0) is 13.5. The van der Waals surface area contributed by atoms with Crippen molar-refractivity contribution < 1.29 is 19.1 Å². The molecule has 1 atom stereocenters. The number of halogens is 1. The summed E-state index contributed by atoms with van der Waals surface area (Å²) in [5.74, 6) is -1.46. The highest BCUT2D eigenvalue weighted by atomic mass is 19.1. The summed E-state index contributed by atoms with van der Waals surface area (Å²) in [7, 11) is 0. The number of aliphatic hydroxyl groups is 1. The van der Waals surface area contributed by atoms with E-state index in [0.717, 1.165) is 6.07 Å². The number of nitrogens with one attached hydrogen (secondary N) is 2. The van der Waals surface area contributed by atoms with Gasteiger partial charge >= 0.3 is 0 Å². The van der Waals surface area contributed by atoms with E-state index in [1.54, 1.807) is 0 Å². The van der Waals surface area contributed by atoms with Crippen molar-refractivity contribution in [2.75, 3.05) is 13.1 Å². The van der Waals surface area contributed by atoms with Gasteiger partial charge in [0.2, 0.25) is 5.91 Å². The third-order valence-corrected chi connectivity index (χ3v) is 2.09. The molecule has 0 saturated carbocycles. The average Bonchev–Trinajstić information content (AvgIpc) is 2.33. The molecule has 0 aliphatic rings. The summed E-state index contributed by atoms with van der Waals surface area (Å²) in [6, 6.07) is 5.18. The molecule has 0 radical (unpaired) electrons. The van der Waals surface area contributed by atoms with Crippen LogP contribution < -0.4 is 10.6 Å². The van der Waals surface area contributed by atoms with E-state index in [1.807, 2.05) is 0 Å². The van der Waals surface area contributed by atoms with Gasteiger partial charge in [-0.3, -0.25) is 9.59 Å². The molecule has 0 fully saturated rings. The predicted molar refractivity (Wildman–Crippen MR) is 63.4 cm³/mol. The fourth-order valence-corrected chi connectivity index (χ4v) is 1.22. The zero-order valence-electron chi connectivity index (χ0n) is 9.94. The lowest BCUT2D eigenvalue weighted by Crippen LogP contribution is -2.39. The van der Waals surface area contributed by atoms with Crippen molar-refractivity contribution in [2.45, 2.75) is 13.0 Å². The summed E-state index contributed by atoms with van der Waals surface area (Å²) < 4.78 is 12.8. The highest BCUT2D eigenvalue weighted by molar-refractivity contribution is 5.96. The number of amides is 2. The van der Waals surface area contributed by atoms with Gasteiger partial charge in [0.15, 0.2) is 0 Å². The minimum atomic E-state index is -0.645. The molecule has 98 valence electrons. The van der Waals surface area contributed by atoms with Gasteiger partial charge in [-0.2, -0.15) is 0 Å². The summed E-state index contributed by atoms with van der Waals surface area (Å²) in [5.41, 5.74) is 0.151. The SMILES string of the molecule is C[C@@H](O)CNC(=O)CNC(=O)c1cccc(F)c1. The first-order valence-electron chi connectivity index (χ1n) is 5.47. The van der Waals surface area contributed by atoms with Crippen LogP contribution in [0.15, 0.2) is 24.3 Å². The molecule has 0 spiro atoms. The third-order valence-electron chi connectivity index (χ3n) is 2.09. The second kappa shape index (κ2) is 6.70. The van der Waals surface area contributed by atoms with Crippen LogP contribution in [-0.4, -0.2) is 36.1 Å². The molecule has 0 aliphatic heterocycles. The summed E-state index contributed by atoms with van der Waals surface area (Å²) in [5, 5.41) is 13.7.